The molecule has 2 fully saturated rings. The molecule has 1 atom stereocenters. The highest BCUT2D eigenvalue weighted by Gasteiger charge is 2.51. The Labute approximate surface area is 166 Å². The molecule has 1 amide bonds. The van der Waals surface area contributed by atoms with Crippen LogP contribution in [0.15, 0.2) is 46.3 Å². The zero-order chi connectivity index (χ0) is 18.0. The third-order valence-electron chi connectivity index (χ3n) is 5.40. The fraction of sp³-hybridized carbons (Fsp3) is 0.450. The van der Waals surface area contributed by atoms with Gasteiger partial charge in [0.05, 0.1) is 24.7 Å². The molecular weight excluding hydrogens is 412 g/mol. The molecule has 1 N–H and O–H groups in total. The van der Waals surface area contributed by atoms with E-state index in [9.17, 15) is 4.79 Å². The smallest absolute Gasteiger partial charge is 0.230 e. The highest BCUT2D eigenvalue weighted by Crippen LogP contribution is 2.48. The molecule has 138 valence electrons. The number of nitrogens with one attached hydrogen (secondary N) is 1. The number of halogens is 1. The minimum Gasteiger partial charge on any atom is -0.379 e. The van der Waals surface area contributed by atoms with Gasteiger partial charge in [0.2, 0.25) is 5.91 Å². The first kappa shape index (κ1) is 18.2. The van der Waals surface area contributed by atoms with Crippen molar-refractivity contribution >= 4 is 33.2 Å². The molecule has 4 rings (SSSR count). The summed E-state index contributed by atoms with van der Waals surface area (Å²) in [7, 11) is 0. The van der Waals surface area contributed by atoms with Crippen molar-refractivity contribution in [1.29, 1.82) is 0 Å². The summed E-state index contributed by atoms with van der Waals surface area (Å²) in [4.78, 5) is 16.7. The van der Waals surface area contributed by atoms with E-state index < -0.39 is 0 Å². The van der Waals surface area contributed by atoms with Crippen LogP contribution in [0.25, 0.3) is 0 Å². The van der Waals surface area contributed by atoms with Gasteiger partial charge in [0.15, 0.2) is 0 Å². The highest BCUT2D eigenvalue weighted by atomic mass is 79.9. The fourth-order valence-electron chi connectivity index (χ4n) is 3.68. The molecule has 6 heteroatoms. The van der Waals surface area contributed by atoms with Crippen LogP contribution in [0, 0.1) is 0 Å². The van der Waals surface area contributed by atoms with Gasteiger partial charge in [-0.15, -0.1) is 11.3 Å². The summed E-state index contributed by atoms with van der Waals surface area (Å²) in [6, 6.07) is 12.6. The van der Waals surface area contributed by atoms with Gasteiger partial charge < -0.3 is 10.1 Å². The van der Waals surface area contributed by atoms with E-state index in [4.69, 9.17) is 4.74 Å². The van der Waals surface area contributed by atoms with Gasteiger partial charge in [0.1, 0.15) is 0 Å². The number of hydrogen-bond acceptors (Lipinski definition) is 4. The van der Waals surface area contributed by atoms with Crippen LogP contribution in [0.1, 0.15) is 29.3 Å². The first-order valence-corrected chi connectivity index (χ1v) is 10.8. The van der Waals surface area contributed by atoms with Gasteiger partial charge in [-0.05, 0) is 42.0 Å². The van der Waals surface area contributed by atoms with Crippen LogP contribution in [-0.2, 0) is 14.9 Å². The maximum absolute atomic E-state index is 13.0. The predicted molar refractivity (Wildman–Crippen MR) is 108 cm³/mol. The summed E-state index contributed by atoms with van der Waals surface area (Å²) in [5.74, 6) is 0.162. The van der Waals surface area contributed by atoms with Crippen molar-refractivity contribution in [3.05, 3.63) is 56.7 Å². The number of thiophene rings is 1. The zero-order valence-electron chi connectivity index (χ0n) is 14.6. The molecule has 1 saturated heterocycles. The Bertz CT molecular complexity index is 738. The van der Waals surface area contributed by atoms with Gasteiger partial charge in [0, 0.05) is 29.0 Å². The molecule has 4 nitrogen and oxygen atoms in total. The van der Waals surface area contributed by atoms with Crippen molar-refractivity contribution in [2.45, 2.75) is 24.3 Å². The largest absolute Gasteiger partial charge is 0.379 e. The SMILES string of the molecule is O=C(NC[C@H](c1cccs1)N1CCOCC1)C1(c2ccc(Br)cc2)CC1. The Morgan fingerprint density at radius 1 is 1.23 bits per heavy atom. The second-order valence-corrected chi connectivity index (χ2v) is 8.87. The summed E-state index contributed by atoms with van der Waals surface area (Å²) in [6.07, 6.45) is 1.86. The average Bonchev–Trinajstić information content (AvgIpc) is 3.31. The Hall–Kier alpha value is -1.21. The first-order chi connectivity index (χ1) is 12.7. The number of hydrogen-bond donors (Lipinski definition) is 1. The molecular formula is C20H23BrN2O2S. The van der Waals surface area contributed by atoms with E-state index in [0.29, 0.717) is 6.54 Å². The zero-order valence-corrected chi connectivity index (χ0v) is 17.0. The maximum atomic E-state index is 13.0. The molecule has 0 bridgehead atoms. The van der Waals surface area contributed by atoms with E-state index in [-0.39, 0.29) is 17.4 Å². The van der Waals surface area contributed by atoms with Crippen LogP contribution in [-0.4, -0.2) is 43.7 Å². The second-order valence-electron chi connectivity index (χ2n) is 6.98. The topological polar surface area (TPSA) is 41.6 Å². The van der Waals surface area contributed by atoms with Crippen molar-refractivity contribution in [3.63, 3.8) is 0 Å². The van der Waals surface area contributed by atoms with Crippen LogP contribution < -0.4 is 5.32 Å². The lowest BCUT2D eigenvalue weighted by Gasteiger charge is -2.34. The average molecular weight is 435 g/mol. The first-order valence-electron chi connectivity index (χ1n) is 9.09. The molecule has 0 unspecified atom stereocenters. The number of amides is 1. The van der Waals surface area contributed by atoms with Crippen molar-refractivity contribution < 1.29 is 9.53 Å². The fourth-order valence-corrected chi connectivity index (χ4v) is 4.80. The monoisotopic (exact) mass is 434 g/mol. The number of nitrogens with zero attached hydrogens (tertiary/aromatic N) is 1. The van der Waals surface area contributed by atoms with Crippen LogP contribution in [0.4, 0.5) is 0 Å². The van der Waals surface area contributed by atoms with Crippen molar-refractivity contribution in [1.82, 2.24) is 10.2 Å². The van der Waals surface area contributed by atoms with Crippen molar-refractivity contribution in [3.8, 4) is 0 Å². The number of benzene rings is 1. The molecule has 2 aromatic rings. The van der Waals surface area contributed by atoms with E-state index in [1.807, 2.05) is 12.1 Å². The number of carbonyl (C=O) groups is 1. The Balaban J connectivity index is 1.45. The Morgan fingerprint density at radius 3 is 2.58 bits per heavy atom. The van der Waals surface area contributed by atoms with Crippen molar-refractivity contribution in [2.75, 3.05) is 32.8 Å². The second kappa shape index (κ2) is 7.80. The lowest BCUT2D eigenvalue weighted by Crippen LogP contribution is -2.45. The van der Waals surface area contributed by atoms with Gasteiger partial charge in [-0.1, -0.05) is 34.1 Å². The standard InChI is InChI=1S/C20H23BrN2O2S/c21-16-5-3-15(4-6-16)20(7-8-20)19(24)22-14-17(18-2-1-13-26-18)23-9-11-25-12-10-23/h1-6,13,17H,7-12,14H2,(H,22,24)/t17-/m1/s1. The molecule has 1 aromatic carbocycles. The normalized spacial score (nSPS) is 20.5. The highest BCUT2D eigenvalue weighted by molar-refractivity contribution is 9.10. The molecule has 2 heterocycles. The molecule has 1 aliphatic heterocycles. The molecule has 2 aliphatic rings. The molecule has 1 aromatic heterocycles. The third kappa shape index (κ3) is 3.74. The van der Waals surface area contributed by atoms with E-state index >= 15 is 0 Å². The summed E-state index contributed by atoms with van der Waals surface area (Å²) in [5.41, 5.74) is 0.795. The number of carbonyl (C=O) groups excluding carboxylic acids is 1. The van der Waals surface area contributed by atoms with Crippen LogP contribution in [0.2, 0.25) is 0 Å². The van der Waals surface area contributed by atoms with Gasteiger partial charge in [-0.25, -0.2) is 0 Å². The van der Waals surface area contributed by atoms with E-state index in [0.717, 1.165) is 49.2 Å². The summed E-state index contributed by atoms with van der Waals surface area (Å²) in [6.45, 7) is 4.00. The summed E-state index contributed by atoms with van der Waals surface area (Å²) >= 11 is 5.23. The number of morpholine rings is 1. The molecule has 0 radical (unpaired) electrons. The lowest BCUT2D eigenvalue weighted by atomic mass is 9.95. The van der Waals surface area contributed by atoms with Gasteiger partial charge in [-0.3, -0.25) is 9.69 Å². The Morgan fingerprint density at radius 2 is 1.96 bits per heavy atom. The third-order valence-corrected chi connectivity index (χ3v) is 6.90. The van der Waals surface area contributed by atoms with E-state index in [1.165, 1.54) is 4.88 Å². The van der Waals surface area contributed by atoms with E-state index in [2.05, 4.69) is 55.8 Å². The van der Waals surface area contributed by atoms with Crippen molar-refractivity contribution in [2.24, 2.45) is 0 Å². The quantitative estimate of drug-likeness (QED) is 0.752. The summed E-state index contributed by atoms with van der Waals surface area (Å²) in [5, 5.41) is 5.36. The van der Waals surface area contributed by atoms with Crippen LogP contribution in [0.3, 0.4) is 0 Å². The number of rotatable bonds is 6. The minimum atomic E-state index is -0.328. The maximum Gasteiger partial charge on any atom is 0.230 e. The molecule has 1 saturated carbocycles. The molecule has 1 aliphatic carbocycles. The summed E-state index contributed by atoms with van der Waals surface area (Å²) < 4.78 is 6.54. The van der Waals surface area contributed by atoms with Gasteiger partial charge in [-0.2, -0.15) is 0 Å². The number of ether oxygens (including phenoxy) is 1. The lowest BCUT2D eigenvalue weighted by molar-refractivity contribution is -0.123. The van der Waals surface area contributed by atoms with Gasteiger partial charge in [0.25, 0.3) is 0 Å². The van der Waals surface area contributed by atoms with Crippen LogP contribution in [0.5, 0.6) is 0 Å². The predicted octanol–water partition coefficient (Wildman–Crippen LogP) is 3.73. The van der Waals surface area contributed by atoms with E-state index in [1.54, 1.807) is 11.3 Å². The molecule has 0 spiro atoms. The Kier molecular flexibility index (Phi) is 5.45. The minimum absolute atomic E-state index is 0.162. The van der Waals surface area contributed by atoms with Crippen LogP contribution >= 0.6 is 27.3 Å². The molecule has 26 heavy (non-hydrogen) atoms. The van der Waals surface area contributed by atoms with Gasteiger partial charge >= 0.3 is 0 Å².